The van der Waals surface area contributed by atoms with Crippen LogP contribution in [0.3, 0.4) is 0 Å². The largest absolute Gasteiger partial charge is 0.337 e. The normalized spacial score (nSPS) is 19.8. The number of piperidine rings is 1. The van der Waals surface area contributed by atoms with E-state index in [-0.39, 0.29) is 5.92 Å². The predicted octanol–water partition coefficient (Wildman–Crippen LogP) is 1.82. The smallest absolute Gasteiger partial charge is 0.246 e. The van der Waals surface area contributed by atoms with E-state index in [2.05, 4.69) is 10.1 Å². The van der Waals surface area contributed by atoms with E-state index in [1.54, 1.807) is 8.99 Å². The molecular formula is C16H25N5O2S. The summed E-state index contributed by atoms with van der Waals surface area (Å²) in [4.78, 5) is 4.90. The first-order valence-electron chi connectivity index (χ1n) is 8.37. The molecule has 0 saturated carbocycles. The quantitative estimate of drug-likeness (QED) is 0.842. The molecule has 0 aromatic carbocycles. The molecule has 0 N–H and O–H groups in total. The highest BCUT2D eigenvalue weighted by molar-refractivity contribution is 7.89. The Labute approximate surface area is 143 Å². The zero-order valence-corrected chi connectivity index (χ0v) is 15.5. The van der Waals surface area contributed by atoms with Crippen LogP contribution in [-0.2, 0) is 23.6 Å². The van der Waals surface area contributed by atoms with E-state index in [0.717, 1.165) is 24.4 Å². The molecule has 1 fully saturated rings. The van der Waals surface area contributed by atoms with E-state index in [9.17, 15) is 8.42 Å². The minimum absolute atomic E-state index is 0.133. The Bertz CT molecular complexity index is 837. The van der Waals surface area contributed by atoms with E-state index in [4.69, 9.17) is 0 Å². The highest BCUT2D eigenvalue weighted by Crippen LogP contribution is 2.30. The van der Waals surface area contributed by atoms with Crippen LogP contribution in [-0.4, -0.2) is 45.1 Å². The second kappa shape index (κ2) is 6.33. The van der Waals surface area contributed by atoms with Crippen LogP contribution in [0.5, 0.6) is 0 Å². The zero-order chi connectivity index (χ0) is 17.5. The van der Waals surface area contributed by atoms with Crippen molar-refractivity contribution in [2.24, 2.45) is 7.05 Å². The molecule has 3 rings (SSSR count). The number of imidazole rings is 1. The van der Waals surface area contributed by atoms with Crippen LogP contribution in [0.15, 0.2) is 17.3 Å². The first kappa shape index (κ1) is 17.2. The van der Waals surface area contributed by atoms with Gasteiger partial charge in [0.25, 0.3) is 0 Å². The van der Waals surface area contributed by atoms with Gasteiger partial charge in [0.15, 0.2) is 0 Å². The number of nitrogens with zero attached hydrogens (tertiary/aromatic N) is 5. The Balaban J connectivity index is 1.88. The van der Waals surface area contributed by atoms with Crippen molar-refractivity contribution in [1.29, 1.82) is 0 Å². The summed E-state index contributed by atoms with van der Waals surface area (Å²) in [6, 6.07) is 0. The Morgan fingerprint density at radius 1 is 1.33 bits per heavy atom. The molecule has 1 atom stereocenters. The molecule has 2 aromatic heterocycles. The Morgan fingerprint density at radius 3 is 2.67 bits per heavy atom. The molecule has 1 aliphatic rings. The van der Waals surface area contributed by atoms with Gasteiger partial charge in [0.2, 0.25) is 10.0 Å². The standard InChI is InChI=1S/C16H25N5O2S/c1-5-21-13(3)15(9-17-21)24(22,23)20-8-6-7-14(11-20)16-18-12(2)10-19(16)4/h9-10,14H,5-8,11H2,1-4H3/t14-/m0/s1. The predicted molar refractivity (Wildman–Crippen MR) is 91.3 cm³/mol. The van der Waals surface area contributed by atoms with Crippen LogP contribution in [0.2, 0.25) is 0 Å². The number of rotatable bonds is 4. The SMILES string of the molecule is CCn1ncc(S(=O)(=O)N2CCC[C@H](c3nc(C)cn3C)C2)c1C. The monoisotopic (exact) mass is 351 g/mol. The summed E-state index contributed by atoms with van der Waals surface area (Å²) in [6.07, 6.45) is 5.27. The average Bonchev–Trinajstić information content (AvgIpc) is 3.09. The molecule has 1 aliphatic heterocycles. The molecule has 132 valence electrons. The van der Waals surface area contributed by atoms with Gasteiger partial charge in [-0.2, -0.15) is 9.40 Å². The summed E-state index contributed by atoms with van der Waals surface area (Å²) in [5.41, 5.74) is 1.67. The lowest BCUT2D eigenvalue weighted by Crippen LogP contribution is -2.39. The molecule has 0 amide bonds. The van der Waals surface area contributed by atoms with Gasteiger partial charge < -0.3 is 4.57 Å². The Morgan fingerprint density at radius 2 is 2.08 bits per heavy atom. The van der Waals surface area contributed by atoms with E-state index < -0.39 is 10.0 Å². The molecule has 24 heavy (non-hydrogen) atoms. The van der Waals surface area contributed by atoms with Gasteiger partial charge in [0, 0.05) is 38.8 Å². The average molecular weight is 351 g/mol. The van der Waals surface area contributed by atoms with Crippen LogP contribution in [0, 0.1) is 13.8 Å². The van der Waals surface area contributed by atoms with Crippen molar-refractivity contribution < 1.29 is 8.42 Å². The van der Waals surface area contributed by atoms with Crippen molar-refractivity contribution in [1.82, 2.24) is 23.6 Å². The summed E-state index contributed by atoms with van der Waals surface area (Å²) in [5.74, 6) is 1.10. The maximum Gasteiger partial charge on any atom is 0.246 e. The molecule has 0 spiro atoms. The third-order valence-electron chi connectivity index (χ3n) is 4.76. The molecule has 0 unspecified atom stereocenters. The fraction of sp³-hybridized carbons (Fsp3) is 0.625. The van der Waals surface area contributed by atoms with E-state index in [0.29, 0.717) is 30.2 Å². The molecule has 0 radical (unpaired) electrons. The second-order valence-corrected chi connectivity index (χ2v) is 8.37. The van der Waals surface area contributed by atoms with Crippen molar-refractivity contribution in [3.63, 3.8) is 0 Å². The first-order valence-corrected chi connectivity index (χ1v) is 9.81. The highest BCUT2D eigenvalue weighted by Gasteiger charge is 2.34. The number of aromatic nitrogens is 4. The minimum atomic E-state index is -3.52. The maximum atomic E-state index is 13.0. The topological polar surface area (TPSA) is 73.0 Å². The third-order valence-corrected chi connectivity index (χ3v) is 6.73. The van der Waals surface area contributed by atoms with Gasteiger partial charge in [-0.25, -0.2) is 13.4 Å². The van der Waals surface area contributed by atoms with Gasteiger partial charge >= 0.3 is 0 Å². The van der Waals surface area contributed by atoms with Crippen molar-refractivity contribution in [3.05, 3.63) is 29.6 Å². The minimum Gasteiger partial charge on any atom is -0.337 e. The van der Waals surface area contributed by atoms with Gasteiger partial charge in [-0.1, -0.05) is 0 Å². The van der Waals surface area contributed by atoms with Crippen LogP contribution in [0.4, 0.5) is 0 Å². The number of sulfonamides is 1. The van der Waals surface area contributed by atoms with E-state index >= 15 is 0 Å². The highest BCUT2D eigenvalue weighted by atomic mass is 32.2. The molecular weight excluding hydrogens is 326 g/mol. The summed E-state index contributed by atoms with van der Waals surface area (Å²) in [5, 5.41) is 4.18. The third kappa shape index (κ3) is 2.88. The molecule has 7 nitrogen and oxygen atoms in total. The summed E-state index contributed by atoms with van der Waals surface area (Å²) < 4.78 is 31.4. The maximum absolute atomic E-state index is 13.0. The van der Waals surface area contributed by atoms with Crippen molar-refractivity contribution >= 4 is 10.0 Å². The van der Waals surface area contributed by atoms with Crippen molar-refractivity contribution in [2.75, 3.05) is 13.1 Å². The van der Waals surface area contributed by atoms with Gasteiger partial charge in [-0.15, -0.1) is 0 Å². The Hall–Kier alpha value is -1.67. The van der Waals surface area contributed by atoms with E-state index in [1.807, 2.05) is 38.6 Å². The Kier molecular flexibility index (Phi) is 4.52. The molecule has 1 saturated heterocycles. The fourth-order valence-corrected chi connectivity index (χ4v) is 5.21. The lowest BCUT2D eigenvalue weighted by molar-refractivity contribution is 0.306. The number of hydrogen-bond donors (Lipinski definition) is 0. The molecule has 8 heteroatoms. The molecule has 3 heterocycles. The summed E-state index contributed by atoms with van der Waals surface area (Å²) >= 11 is 0. The van der Waals surface area contributed by atoms with Gasteiger partial charge in [-0.3, -0.25) is 4.68 Å². The summed E-state index contributed by atoms with van der Waals surface area (Å²) in [6.45, 7) is 7.42. The van der Waals surface area contributed by atoms with Gasteiger partial charge in [-0.05, 0) is 33.6 Å². The van der Waals surface area contributed by atoms with E-state index in [1.165, 1.54) is 6.20 Å². The van der Waals surface area contributed by atoms with Crippen LogP contribution in [0.25, 0.3) is 0 Å². The molecule has 0 bridgehead atoms. The van der Waals surface area contributed by atoms with Gasteiger partial charge in [0.05, 0.1) is 17.6 Å². The van der Waals surface area contributed by atoms with Crippen LogP contribution >= 0.6 is 0 Å². The number of aryl methyl sites for hydroxylation is 3. The van der Waals surface area contributed by atoms with Gasteiger partial charge in [0.1, 0.15) is 10.7 Å². The lowest BCUT2D eigenvalue weighted by Gasteiger charge is -2.31. The second-order valence-electron chi connectivity index (χ2n) is 6.46. The molecule has 2 aromatic rings. The van der Waals surface area contributed by atoms with Crippen molar-refractivity contribution in [3.8, 4) is 0 Å². The van der Waals surface area contributed by atoms with Crippen LogP contribution in [0.1, 0.15) is 42.9 Å². The zero-order valence-electron chi connectivity index (χ0n) is 14.7. The molecule has 0 aliphatic carbocycles. The first-order chi connectivity index (χ1) is 11.3. The van der Waals surface area contributed by atoms with Crippen LogP contribution < -0.4 is 0 Å². The van der Waals surface area contributed by atoms with Crippen molar-refractivity contribution in [2.45, 2.75) is 51.0 Å². The summed E-state index contributed by atoms with van der Waals surface area (Å²) in [7, 11) is -1.55. The fourth-order valence-electron chi connectivity index (χ4n) is 3.53. The number of hydrogen-bond acceptors (Lipinski definition) is 4. The lowest BCUT2D eigenvalue weighted by atomic mass is 9.99.